The summed E-state index contributed by atoms with van der Waals surface area (Å²) < 4.78 is 7.41. The number of nitrogens with zero attached hydrogens (tertiary/aromatic N) is 2. The standard InChI is InChI=1S/C23H27N3O2/c1-16-13-17(2)26(25-16)15-18-9-8-10-19(14-18)22(27)24-23(3,4)20-11-6-7-12-21(20)28-5/h6-14H,15H2,1-5H3,(H,24,27). The number of hydrogen-bond donors (Lipinski definition) is 1. The molecule has 0 spiro atoms. The number of ether oxygens (including phenoxy) is 1. The molecule has 0 aliphatic carbocycles. The third kappa shape index (κ3) is 4.25. The number of benzene rings is 2. The molecule has 1 N–H and O–H groups in total. The Kier molecular flexibility index (Phi) is 5.54. The van der Waals surface area contributed by atoms with E-state index < -0.39 is 5.54 Å². The van der Waals surface area contributed by atoms with E-state index in [2.05, 4.69) is 10.4 Å². The van der Waals surface area contributed by atoms with Crippen molar-refractivity contribution in [2.75, 3.05) is 7.11 Å². The van der Waals surface area contributed by atoms with Crippen molar-refractivity contribution in [2.24, 2.45) is 0 Å². The second-order valence-electron chi connectivity index (χ2n) is 7.56. The van der Waals surface area contributed by atoms with E-state index in [-0.39, 0.29) is 5.91 Å². The molecule has 1 aromatic heterocycles. The fourth-order valence-corrected chi connectivity index (χ4v) is 3.40. The van der Waals surface area contributed by atoms with Gasteiger partial charge in [-0.3, -0.25) is 9.48 Å². The molecule has 3 aromatic rings. The van der Waals surface area contributed by atoms with E-state index in [1.807, 2.05) is 87.0 Å². The van der Waals surface area contributed by atoms with Crippen LogP contribution >= 0.6 is 0 Å². The van der Waals surface area contributed by atoms with Crippen LogP contribution < -0.4 is 10.1 Å². The molecule has 5 heteroatoms. The Morgan fingerprint density at radius 3 is 2.54 bits per heavy atom. The first-order valence-electron chi connectivity index (χ1n) is 9.36. The number of carbonyl (C=O) groups is 1. The number of para-hydroxylation sites is 1. The average Bonchev–Trinajstić information content (AvgIpc) is 2.98. The number of amides is 1. The van der Waals surface area contributed by atoms with Gasteiger partial charge in [0.25, 0.3) is 5.91 Å². The van der Waals surface area contributed by atoms with Crippen LogP contribution in [0.1, 0.15) is 46.7 Å². The molecule has 0 saturated carbocycles. The first-order valence-corrected chi connectivity index (χ1v) is 9.36. The molecule has 1 amide bonds. The molecule has 28 heavy (non-hydrogen) atoms. The second kappa shape index (κ2) is 7.89. The molecular formula is C23H27N3O2. The summed E-state index contributed by atoms with van der Waals surface area (Å²) in [6, 6.07) is 17.5. The first-order chi connectivity index (χ1) is 13.3. The van der Waals surface area contributed by atoms with E-state index in [1.165, 1.54) is 0 Å². The maximum atomic E-state index is 12.9. The predicted octanol–water partition coefficient (Wildman–Crippen LogP) is 4.22. The van der Waals surface area contributed by atoms with Crippen LogP contribution in [0.4, 0.5) is 0 Å². The second-order valence-corrected chi connectivity index (χ2v) is 7.56. The minimum absolute atomic E-state index is 0.119. The number of rotatable bonds is 6. The van der Waals surface area contributed by atoms with Gasteiger partial charge in [0.15, 0.2) is 0 Å². The van der Waals surface area contributed by atoms with Gasteiger partial charge in [-0.1, -0.05) is 30.3 Å². The molecule has 146 valence electrons. The summed E-state index contributed by atoms with van der Waals surface area (Å²) >= 11 is 0. The highest BCUT2D eigenvalue weighted by Gasteiger charge is 2.26. The van der Waals surface area contributed by atoms with E-state index in [0.717, 1.165) is 28.3 Å². The molecule has 0 unspecified atom stereocenters. The van der Waals surface area contributed by atoms with Gasteiger partial charge in [-0.25, -0.2) is 0 Å². The fourth-order valence-electron chi connectivity index (χ4n) is 3.40. The first kappa shape index (κ1) is 19.7. The van der Waals surface area contributed by atoms with Crippen molar-refractivity contribution < 1.29 is 9.53 Å². The van der Waals surface area contributed by atoms with Gasteiger partial charge in [0, 0.05) is 16.8 Å². The highest BCUT2D eigenvalue weighted by Crippen LogP contribution is 2.29. The molecule has 0 bridgehead atoms. The molecule has 2 aromatic carbocycles. The lowest BCUT2D eigenvalue weighted by molar-refractivity contribution is 0.0911. The largest absolute Gasteiger partial charge is 0.496 e. The van der Waals surface area contributed by atoms with Crippen LogP contribution in [-0.4, -0.2) is 22.8 Å². The van der Waals surface area contributed by atoms with Crippen LogP contribution in [0.5, 0.6) is 5.75 Å². The summed E-state index contributed by atoms with van der Waals surface area (Å²) in [5.41, 5.74) is 4.12. The van der Waals surface area contributed by atoms with E-state index in [9.17, 15) is 4.79 Å². The Morgan fingerprint density at radius 2 is 1.86 bits per heavy atom. The van der Waals surface area contributed by atoms with Crippen LogP contribution in [0.3, 0.4) is 0 Å². The molecular weight excluding hydrogens is 350 g/mol. The summed E-state index contributed by atoms with van der Waals surface area (Å²) in [6.45, 7) is 8.60. The van der Waals surface area contributed by atoms with E-state index >= 15 is 0 Å². The quantitative estimate of drug-likeness (QED) is 0.700. The molecule has 0 saturated heterocycles. The third-order valence-corrected chi connectivity index (χ3v) is 4.83. The zero-order valence-electron chi connectivity index (χ0n) is 17.1. The summed E-state index contributed by atoms with van der Waals surface area (Å²) in [5.74, 6) is 0.636. The SMILES string of the molecule is COc1ccccc1C(C)(C)NC(=O)c1cccc(Cn2nc(C)cc2C)c1. The van der Waals surface area contributed by atoms with Crippen molar-refractivity contribution in [1.82, 2.24) is 15.1 Å². The molecule has 5 nitrogen and oxygen atoms in total. The van der Waals surface area contributed by atoms with Crippen molar-refractivity contribution in [2.45, 2.75) is 39.8 Å². The van der Waals surface area contributed by atoms with Crippen molar-refractivity contribution >= 4 is 5.91 Å². The van der Waals surface area contributed by atoms with Crippen molar-refractivity contribution in [3.8, 4) is 5.75 Å². The summed E-state index contributed by atoms with van der Waals surface area (Å²) in [7, 11) is 1.64. The minimum Gasteiger partial charge on any atom is -0.496 e. The van der Waals surface area contributed by atoms with Crippen LogP contribution in [0, 0.1) is 13.8 Å². The molecule has 3 rings (SSSR count). The van der Waals surface area contributed by atoms with Crippen molar-refractivity contribution in [3.63, 3.8) is 0 Å². The van der Waals surface area contributed by atoms with E-state index in [0.29, 0.717) is 12.1 Å². The lowest BCUT2D eigenvalue weighted by Crippen LogP contribution is -2.41. The number of methoxy groups -OCH3 is 1. The Bertz CT molecular complexity index is 989. The molecule has 1 heterocycles. The van der Waals surface area contributed by atoms with Gasteiger partial charge in [-0.15, -0.1) is 0 Å². The fraction of sp³-hybridized carbons (Fsp3) is 0.304. The Balaban J connectivity index is 1.80. The summed E-state index contributed by atoms with van der Waals surface area (Å²) in [4.78, 5) is 12.9. The zero-order valence-corrected chi connectivity index (χ0v) is 17.1. The minimum atomic E-state index is -0.574. The van der Waals surface area contributed by atoms with Crippen LogP contribution in [-0.2, 0) is 12.1 Å². The normalized spacial score (nSPS) is 11.3. The molecule has 0 aliphatic heterocycles. The van der Waals surface area contributed by atoms with E-state index in [1.54, 1.807) is 7.11 Å². The van der Waals surface area contributed by atoms with Gasteiger partial charge in [0.2, 0.25) is 0 Å². The lowest BCUT2D eigenvalue weighted by atomic mass is 9.92. The van der Waals surface area contributed by atoms with E-state index in [4.69, 9.17) is 4.74 Å². The highest BCUT2D eigenvalue weighted by atomic mass is 16.5. The van der Waals surface area contributed by atoms with Gasteiger partial charge in [-0.2, -0.15) is 5.10 Å². The van der Waals surface area contributed by atoms with Gasteiger partial charge in [-0.05, 0) is 57.5 Å². The zero-order chi connectivity index (χ0) is 20.3. The number of nitrogens with one attached hydrogen (secondary N) is 1. The number of hydrogen-bond acceptors (Lipinski definition) is 3. The molecule has 0 fully saturated rings. The van der Waals surface area contributed by atoms with Crippen LogP contribution in [0.25, 0.3) is 0 Å². The third-order valence-electron chi connectivity index (χ3n) is 4.83. The summed E-state index contributed by atoms with van der Waals surface area (Å²) in [5, 5.41) is 7.63. The van der Waals surface area contributed by atoms with Crippen molar-refractivity contribution in [1.29, 1.82) is 0 Å². The van der Waals surface area contributed by atoms with Gasteiger partial charge in [0.05, 0.1) is 24.9 Å². The maximum absolute atomic E-state index is 12.9. The number of aryl methyl sites for hydroxylation is 2. The lowest BCUT2D eigenvalue weighted by Gasteiger charge is -2.28. The van der Waals surface area contributed by atoms with Gasteiger partial charge < -0.3 is 10.1 Å². The van der Waals surface area contributed by atoms with Gasteiger partial charge >= 0.3 is 0 Å². The monoisotopic (exact) mass is 377 g/mol. The maximum Gasteiger partial charge on any atom is 0.251 e. The van der Waals surface area contributed by atoms with Crippen molar-refractivity contribution in [3.05, 3.63) is 82.7 Å². The Morgan fingerprint density at radius 1 is 1.11 bits per heavy atom. The molecule has 0 aliphatic rings. The Hall–Kier alpha value is -3.08. The topological polar surface area (TPSA) is 56.1 Å². The number of aromatic nitrogens is 2. The molecule has 0 radical (unpaired) electrons. The smallest absolute Gasteiger partial charge is 0.251 e. The highest BCUT2D eigenvalue weighted by molar-refractivity contribution is 5.95. The average molecular weight is 377 g/mol. The summed E-state index contributed by atoms with van der Waals surface area (Å²) in [6.07, 6.45) is 0. The predicted molar refractivity (Wildman–Crippen MR) is 111 cm³/mol. The van der Waals surface area contributed by atoms with Gasteiger partial charge in [0.1, 0.15) is 5.75 Å². The Labute approximate surface area is 166 Å². The van der Waals surface area contributed by atoms with Crippen LogP contribution in [0.15, 0.2) is 54.6 Å². The molecule has 0 atom stereocenters. The van der Waals surface area contributed by atoms with Crippen LogP contribution in [0.2, 0.25) is 0 Å². The number of carbonyl (C=O) groups excluding carboxylic acids is 1.